The largest absolute Gasteiger partial charge is 0.239 e. The first-order chi connectivity index (χ1) is 8.24. The van der Waals surface area contributed by atoms with Crippen molar-refractivity contribution in [3.05, 3.63) is 58.7 Å². The molecule has 1 aromatic carbocycles. The van der Waals surface area contributed by atoms with Gasteiger partial charge in [0, 0.05) is 11.8 Å². The lowest BCUT2D eigenvalue weighted by Gasteiger charge is -1.98. The average molecular weight is 263 g/mol. The lowest BCUT2D eigenvalue weighted by molar-refractivity contribution is 0.966. The third-order valence-corrected chi connectivity index (χ3v) is 3.13. The Bertz CT molecular complexity index is 689. The van der Waals surface area contributed by atoms with E-state index < -0.39 is 0 Å². The summed E-state index contributed by atoms with van der Waals surface area (Å²) < 4.78 is 1.75. The van der Waals surface area contributed by atoms with Crippen LogP contribution in [0.3, 0.4) is 0 Å². The Morgan fingerprint density at radius 2 is 1.82 bits per heavy atom. The zero-order chi connectivity index (χ0) is 11.8. The van der Waals surface area contributed by atoms with E-state index in [2.05, 4.69) is 5.10 Å². The molecule has 84 valence electrons. The molecule has 2 heterocycles. The molecule has 0 aliphatic carbocycles. The molecule has 3 rings (SSSR count). The molecule has 0 spiro atoms. The van der Waals surface area contributed by atoms with Crippen molar-refractivity contribution in [2.45, 2.75) is 0 Å². The molecule has 0 saturated carbocycles. The second kappa shape index (κ2) is 4.06. The van der Waals surface area contributed by atoms with E-state index in [-0.39, 0.29) is 0 Å². The van der Waals surface area contributed by atoms with Crippen LogP contribution in [0.4, 0.5) is 0 Å². The van der Waals surface area contributed by atoms with Crippen LogP contribution >= 0.6 is 23.2 Å². The monoisotopic (exact) mass is 262 g/mol. The summed E-state index contributed by atoms with van der Waals surface area (Å²) in [5, 5.41) is 5.81. The first kappa shape index (κ1) is 10.6. The van der Waals surface area contributed by atoms with E-state index in [1.54, 1.807) is 10.7 Å². The Kier molecular flexibility index (Phi) is 2.54. The predicted octanol–water partition coefficient (Wildman–Crippen LogP) is 4.31. The third-order valence-electron chi connectivity index (χ3n) is 2.57. The number of pyridine rings is 1. The minimum Gasteiger partial charge on any atom is -0.239 e. The highest BCUT2D eigenvalue weighted by Crippen LogP contribution is 2.27. The van der Waals surface area contributed by atoms with Crippen LogP contribution in [0.15, 0.2) is 48.7 Å². The molecule has 0 atom stereocenters. The molecule has 4 heteroatoms. The molecule has 0 radical (unpaired) electrons. The summed E-state index contributed by atoms with van der Waals surface area (Å²) in [4.78, 5) is 0. The van der Waals surface area contributed by atoms with Crippen LogP contribution in [0.1, 0.15) is 0 Å². The van der Waals surface area contributed by atoms with E-state index in [9.17, 15) is 0 Å². The van der Waals surface area contributed by atoms with E-state index in [0.29, 0.717) is 10.0 Å². The Balaban J connectivity index is 2.22. The first-order valence-corrected chi connectivity index (χ1v) is 5.89. The third kappa shape index (κ3) is 1.90. The summed E-state index contributed by atoms with van der Waals surface area (Å²) in [5.74, 6) is 0. The van der Waals surface area contributed by atoms with Crippen molar-refractivity contribution in [2.24, 2.45) is 0 Å². The van der Waals surface area contributed by atoms with Gasteiger partial charge in [0.2, 0.25) is 0 Å². The molecule has 0 fully saturated rings. The van der Waals surface area contributed by atoms with Crippen molar-refractivity contribution < 1.29 is 0 Å². The number of nitrogens with zero attached hydrogens (tertiary/aromatic N) is 2. The lowest BCUT2D eigenvalue weighted by Crippen LogP contribution is -1.86. The predicted molar refractivity (Wildman–Crippen MR) is 70.6 cm³/mol. The van der Waals surface area contributed by atoms with Gasteiger partial charge in [0.1, 0.15) is 0 Å². The van der Waals surface area contributed by atoms with Gasteiger partial charge < -0.3 is 0 Å². The van der Waals surface area contributed by atoms with Crippen LogP contribution in [0.5, 0.6) is 0 Å². The van der Waals surface area contributed by atoms with Gasteiger partial charge in [-0.3, -0.25) is 0 Å². The summed E-state index contributed by atoms with van der Waals surface area (Å²) in [6.07, 6.45) is 1.78. The maximum atomic E-state index is 6.14. The zero-order valence-electron chi connectivity index (χ0n) is 8.77. The van der Waals surface area contributed by atoms with Crippen LogP contribution in [0, 0.1) is 0 Å². The minimum absolute atomic E-state index is 0.659. The number of halogens is 2. The van der Waals surface area contributed by atoms with Gasteiger partial charge in [-0.05, 0) is 24.3 Å². The van der Waals surface area contributed by atoms with Crippen molar-refractivity contribution >= 4 is 28.7 Å². The molecule has 17 heavy (non-hydrogen) atoms. The van der Waals surface area contributed by atoms with Crippen LogP contribution in [-0.2, 0) is 0 Å². The standard InChI is InChI=1S/C13H8Cl2N2/c14-9-5-6-10-7-13(16-17(10)8-9)11-3-1-2-4-12(11)15/h1-8H. The molecule has 2 aromatic heterocycles. The average Bonchev–Trinajstić information content (AvgIpc) is 2.72. The summed E-state index contributed by atoms with van der Waals surface area (Å²) in [6, 6.07) is 13.4. The number of hydrogen-bond acceptors (Lipinski definition) is 1. The van der Waals surface area contributed by atoms with Gasteiger partial charge in [0.15, 0.2) is 0 Å². The van der Waals surface area contributed by atoms with Crippen LogP contribution < -0.4 is 0 Å². The van der Waals surface area contributed by atoms with Crippen molar-refractivity contribution in [1.29, 1.82) is 0 Å². The minimum atomic E-state index is 0.659. The van der Waals surface area contributed by atoms with Gasteiger partial charge in [-0.15, -0.1) is 0 Å². The normalized spacial score (nSPS) is 10.9. The molecule has 0 aliphatic heterocycles. The second-order valence-corrected chi connectivity index (χ2v) is 4.57. The van der Waals surface area contributed by atoms with Gasteiger partial charge in [-0.2, -0.15) is 5.10 Å². The second-order valence-electron chi connectivity index (χ2n) is 3.73. The summed E-state index contributed by atoms with van der Waals surface area (Å²) in [6.45, 7) is 0. The Hall–Kier alpha value is -1.51. The Morgan fingerprint density at radius 1 is 1.00 bits per heavy atom. The van der Waals surface area contributed by atoms with Crippen LogP contribution in [-0.4, -0.2) is 9.61 Å². The van der Waals surface area contributed by atoms with E-state index in [1.165, 1.54) is 0 Å². The van der Waals surface area contributed by atoms with E-state index in [4.69, 9.17) is 23.2 Å². The number of fused-ring (bicyclic) bond motifs is 1. The number of aromatic nitrogens is 2. The first-order valence-electron chi connectivity index (χ1n) is 5.14. The van der Waals surface area contributed by atoms with Crippen LogP contribution in [0.25, 0.3) is 16.8 Å². The molecule has 0 aliphatic rings. The summed E-state index contributed by atoms with van der Waals surface area (Å²) in [7, 11) is 0. The molecule has 0 unspecified atom stereocenters. The molecule has 0 saturated heterocycles. The molecule has 0 bridgehead atoms. The highest BCUT2D eigenvalue weighted by Gasteiger charge is 2.07. The molecular formula is C13H8Cl2N2. The van der Waals surface area contributed by atoms with Gasteiger partial charge in [-0.1, -0.05) is 41.4 Å². The highest BCUT2D eigenvalue weighted by atomic mass is 35.5. The maximum Gasteiger partial charge on any atom is 0.0948 e. The molecule has 2 nitrogen and oxygen atoms in total. The fourth-order valence-corrected chi connectivity index (χ4v) is 2.15. The summed E-state index contributed by atoms with van der Waals surface area (Å²) in [5.41, 5.74) is 2.76. The van der Waals surface area contributed by atoms with Gasteiger partial charge >= 0.3 is 0 Å². The molecular weight excluding hydrogens is 255 g/mol. The Labute approximate surface area is 108 Å². The smallest absolute Gasteiger partial charge is 0.0948 e. The number of rotatable bonds is 1. The zero-order valence-corrected chi connectivity index (χ0v) is 10.3. The maximum absolute atomic E-state index is 6.14. The van der Waals surface area contributed by atoms with Crippen molar-refractivity contribution in [3.8, 4) is 11.3 Å². The fourth-order valence-electron chi connectivity index (χ4n) is 1.76. The van der Waals surface area contributed by atoms with Crippen molar-refractivity contribution in [2.75, 3.05) is 0 Å². The SMILES string of the molecule is Clc1ccc2cc(-c3ccccc3Cl)nn2c1. The summed E-state index contributed by atoms with van der Waals surface area (Å²) >= 11 is 12.1. The van der Waals surface area contributed by atoms with Crippen LogP contribution in [0.2, 0.25) is 10.0 Å². The van der Waals surface area contributed by atoms with E-state index in [0.717, 1.165) is 16.8 Å². The lowest BCUT2D eigenvalue weighted by atomic mass is 10.1. The molecule has 0 amide bonds. The number of benzene rings is 1. The number of hydrogen-bond donors (Lipinski definition) is 0. The van der Waals surface area contributed by atoms with E-state index in [1.807, 2.05) is 42.5 Å². The quantitative estimate of drug-likeness (QED) is 0.639. The van der Waals surface area contributed by atoms with Crippen molar-refractivity contribution in [1.82, 2.24) is 9.61 Å². The topological polar surface area (TPSA) is 17.3 Å². The van der Waals surface area contributed by atoms with E-state index >= 15 is 0 Å². The molecule has 0 N–H and O–H groups in total. The fraction of sp³-hybridized carbons (Fsp3) is 0. The van der Waals surface area contributed by atoms with Crippen molar-refractivity contribution in [3.63, 3.8) is 0 Å². The van der Waals surface area contributed by atoms with Gasteiger partial charge in [0.05, 0.1) is 21.3 Å². The van der Waals surface area contributed by atoms with Gasteiger partial charge in [-0.25, -0.2) is 4.52 Å². The molecule has 3 aromatic rings. The van der Waals surface area contributed by atoms with Gasteiger partial charge in [0.25, 0.3) is 0 Å². The highest BCUT2D eigenvalue weighted by molar-refractivity contribution is 6.33. The Morgan fingerprint density at radius 3 is 2.65 bits per heavy atom.